The van der Waals surface area contributed by atoms with Gasteiger partial charge < -0.3 is 4.90 Å². The molecule has 2 aromatic rings. The van der Waals surface area contributed by atoms with Crippen LogP contribution in [0.15, 0.2) is 41.8 Å². The van der Waals surface area contributed by atoms with Gasteiger partial charge in [0.15, 0.2) is 0 Å². The molecule has 2 heterocycles. The lowest BCUT2D eigenvalue weighted by atomic mass is 10.0. The fraction of sp³-hybridized carbons (Fsp3) is 0.476. The highest BCUT2D eigenvalue weighted by atomic mass is 32.2. The Morgan fingerprint density at radius 1 is 1.14 bits per heavy atom. The van der Waals surface area contributed by atoms with Crippen molar-refractivity contribution in [2.75, 3.05) is 19.3 Å². The van der Waals surface area contributed by atoms with E-state index in [4.69, 9.17) is 0 Å². The van der Waals surface area contributed by atoms with Gasteiger partial charge >= 0.3 is 0 Å². The Morgan fingerprint density at radius 3 is 2.68 bits per heavy atom. The maximum atomic E-state index is 13.1. The highest BCUT2D eigenvalue weighted by Crippen LogP contribution is 2.53. The number of sulfonamides is 1. The quantitative estimate of drug-likeness (QED) is 0.809. The first kappa shape index (κ1) is 19.6. The molecular formula is C21H26N2O3S2. The highest BCUT2D eigenvalue weighted by molar-refractivity contribution is 7.88. The van der Waals surface area contributed by atoms with Gasteiger partial charge in [-0.3, -0.25) is 4.79 Å². The third kappa shape index (κ3) is 4.47. The van der Waals surface area contributed by atoms with Gasteiger partial charge in [0.1, 0.15) is 0 Å². The zero-order valence-corrected chi connectivity index (χ0v) is 17.6. The van der Waals surface area contributed by atoms with Gasteiger partial charge in [-0.05, 0) is 48.3 Å². The molecule has 2 aliphatic rings. The Bertz CT molecular complexity index is 940. The second-order valence-electron chi connectivity index (χ2n) is 7.86. The molecule has 1 aliphatic heterocycles. The lowest BCUT2D eigenvalue weighted by Crippen LogP contribution is -2.36. The molecular weight excluding hydrogens is 392 g/mol. The molecule has 3 atom stereocenters. The number of nitrogens with zero attached hydrogens (tertiary/aromatic N) is 1. The SMILES string of the molecule is CS(=O)(=O)N[C@@H]1CCCN(C(=O)[C@@H]2C[C@H]2c2sccc2-c2ccccc2)CC1. The summed E-state index contributed by atoms with van der Waals surface area (Å²) in [5.41, 5.74) is 2.46. The van der Waals surface area contributed by atoms with Crippen molar-refractivity contribution in [1.29, 1.82) is 0 Å². The lowest BCUT2D eigenvalue weighted by Gasteiger charge is -2.21. The van der Waals surface area contributed by atoms with E-state index in [1.807, 2.05) is 23.1 Å². The van der Waals surface area contributed by atoms with Crippen molar-refractivity contribution in [1.82, 2.24) is 9.62 Å². The van der Waals surface area contributed by atoms with Crippen molar-refractivity contribution in [3.05, 3.63) is 46.7 Å². The molecule has 0 radical (unpaired) electrons. The molecule has 28 heavy (non-hydrogen) atoms. The first-order valence-electron chi connectivity index (χ1n) is 9.81. The highest BCUT2D eigenvalue weighted by Gasteiger charge is 2.47. The molecule has 1 saturated carbocycles. The van der Waals surface area contributed by atoms with E-state index in [1.54, 1.807) is 11.3 Å². The topological polar surface area (TPSA) is 66.5 Å². The maximum Gasteiger partial charge on any atom is 0.226 e. The standard InChI is InChI=1S/C21H26N2O3S2/c1-28(25,26)22-16-8-5-11-23(12-9-16)21(24)19-14-18(19)20-17(10-13-27-20)15-6-3-2-4-7-15/h2-4,6-7,10,13,16,18-19,22H,5,8-9,11-12,14H2,1H3/t16-,18-,19-/m1/s1. The Balaban J connectivity index is 1.40. The monoisotopic (exact) mass is 418 g/mol. The third-order valence-corrected chi connectivity index (χ3v) is 7.46. The number of thiophene rings is 1. The number of likely N-dealkylation sites (tertiary alicyclic amines) is 1. The van der Waals surface area contributed by atoms with Crippen LogP contribution in [0, 0.1) is 5.92 Å². The summed E-state index contributed by atoms with van der Waals surface area (Å²) < 4.78 is 25.7. The van der Waals surface area contributed by atoms with E-state index in [1.165, 1.54) is 22.3 Å². The number of benzene rings is 1. The van der Waals surface area contributed by atoms with E-state index in [0.29, 0.717) is 18.9 Å². The minimum Gasteiger partial charge on any atom is -0.342 e. The van der Waals surface area contributed by atoms with Crippen LogP contribution in [-0.2, 0) is 14.8 Å². The van der Waals surface area contributed by atoms with Crippen molar-refractivity contribution >= 4 is 27.3 Å². The number of hydrogen-bond acceptors (Lipinski definition) is 4. The van der Waals surface area contributed by atoms with Gasteiger partial charge in [-0.25, -0.2) is 13.1 Å². The minimum atomic E-state index is -3.20. The summed E-state index contributed by atoms with van der Waals surface area (Å²) >= 11 is 1.75. The molecule has 1 N–H and O–H groups in total. The molecule has 1 aliphatic carbocycles. The maximum absolute atomic E-state index is 13.1. The molecule has 4 rings (SSSR count). The van der Waals surface area contributed by atoms with Crippen LogP contribution >= 0.6 is 11.3 Å². The summed E-state index contributed by atoms with van der Waals surface area (Å²) in [4.78, 5) is 16.3. The van der Waals surface area contributed by atoms with E-state index in [2.05, 4.69) is 28.3 Å². The Kier molecular flexibility index (Phi) is 5.58. The Labute approximate surface area is 170 Å². The third-order valence-electron chi connectivity index (χ3n) is 5.64. The van der Waals surface area contributed by atoms with Gasteiger partial charge in [0.2, 0.25) is 15.9 Å². The average Bonchev–Trinajstić information content (AvgIpc) is 3.36. The number of rotatable bonds is 5. The molecule has 150 valence electrons. The van der Waals surface area contributed by atoms with Gasteiger partial charge in [-0.15, -0.1) is 11.3 Å². The molecule has 1 aromatic carbocycles. The van der Waals surface area contributed by atoms with Crippen LogP contribution in [0.4, 0.5) is 0 Å². The molecule has 1 aromatic heterocycles. The molecule has 1 amide bonds. The zero-order chi connectivity index (χ0) is 19.7. The van der Waals surface area contributed by atoms with E-state index in [9.17, 15) is 13.2 Å². The predicted octanol–water partition coefficient (Wildman–Crippen LogP) is 3.45. The average molecular weight is 419 g/mol. The fourth-order valence-electron chi connectivity index (χ4n) is 4.19. The molecule has 1 saturated heterocycles. The fourth-order valence-corrected chi connectivity index (χ4v) is 6.13. The largest absolute Gasteiger partial charge is 0.342 e. The van der Waals surface area contributed by atoms with Gasteiger partial charge in [-0.2, -0.15) is 0 Å². The van der Waals surface area contributed by atoms with Gasteiger partial charge in [0.25, 0.3) is 0 Å². The first-order valence-corrected chi connectivity index (χ1v) is 12.6. The summed E-state index contributed by atoms with van der Waals surface area (Å²) in [5.74, 6) is 0.619. The lowest BCUT2D eigenvalue weighted by molar-refractivity contribution is -0.132. The summed E-state index contributed by atoms with van der Waals surface area (Å²) in [6.45, 7) is 1.35. The van der Waals surface area contributed by atoms with Gasteiger partial charge in [-0.1, -0.05) is 30.3 Å². The van der Waals surface area contributed by atoms with Crippen molar-refractivity contribution in [2.45, 2.75) is 37.6 Å². The van der Waals surface area contributed by atoms with Crippen LogP contribution in [-0.4, -0.2) is 44.6 Å². The van der Waals surface area contributed by atoms with Crippen molar-refractivity contribution in [3.8, 4) is 11.1 Å². The summed E-state index contributed by atoms with van der Waals surface area (Å²) in [6, 6.07) is 12.4. The van der Waals surface area contributed by atoms with E-state index in [0.717, 1.165) is 25.8 Å². The summed E-state index contributed by atoms with van der Waals surface area (Å²) in [5, 5.41) is 2.12. The number of hydrogen-bond donors (Lipinski definition) is 1. The van der Waals surface area contributed by atoms with Gasteiger partial charge in [0, 0.05) is 35.8 Å². The van der Waals surface area contributed by atoms with Crippen molar-refractivity contribution < 1.29 is 13.2 Å². The summed E-state index contributed by atoms with van der Waals surface area (Å²) in [7, 11) is -3.20. The summed E-state index contributed by atoms with van der Waals surface area (Å²) in [6.07, 6.45) is 4.42. The molecule has 0 bridgehead atoms. The van der Waals surface area contributed by atoms with Crippen LogP contribution in [0.5, 0.6) is 0 Å². The molecule has 0 unspecified atom stereocenters. The van der Waals surface area contributed by atoms with Crippen molar-refractivity contribution in [2.24, 2.45) is 5.92 Å². The number of amides is 1. The number of nitrogens with one attached hydrogen (secondary N) is 1. The predicted molar refractivity (Wildman–Crippen MR) is 113 cm³/mol. The van der Waals surface area contributed by atoms with Crippen molar-refractivity contribution in [3.63, 3.8) is 0 Å². The van der Waals surface area contributed by atoms with Gasteiger partial charge in [0.05, 0.1) is 6.26 Å². The number of carbonyl (C=O) groups excluding carboxylic acids is 1. The molecule has 5 nitrogen and oxygen atoms in total. The molecule has 7 heteroatoms. The van der Waals surface area contributed by atoms with Crippen LogP contribution in [0.3, 0.4) is 0 Å². The zero-order valence-electron chi connectivity index (χ0n) is 16.0. The Morgan fingerprint density at radius 2 is 1.93 bits per heavy atom. The van der Waals surface area contributed by atoms with Crippen LogP contribution in [0.1, 0.15) is 36.5 Å². The van der Waals surface area contributed by atoms with E-state index >= 15 is 0 Å². The van der Waals surface area contributed by atoms with E-state index in [-0.39, 0.29) is 17.9 Å². The van der Waals surface area contributed by atoms with Crippen LogP contribution < -0.4 is 4.72 Å². The number of carbonyl (C=O) groups is 1. The molecule has 2 fully saturated rings. The smallest absolute Gasteiger partial charge is 0.226 e. The normalized spacial score (nSPS) is 25.3. The van der Waals surface area contributed by atoms with Crippen LogP contribution in [0.2, 0.25) is 0 Å². The first-order chi connectivity index (χ1) is 13.4. The second-order valence-corrected chi connectivity index (χ2v) is 10.6. The van der Waals surface area contributed by atoms with E-state index < -0.39 is 10.0 Å². The minimum absolute atomic E-state index is 0.0650. The van der Waals surface area contributed by atoms with Crippen LogP contribution in [0.25, 0.3) is 11.1 Å². The molecule has 0 spiro atoms. The Hall–Kier alpha value is -1.70. The second kappa shape index (κ2) is 7.97.